The lowest BCUT2D eigenvalue weighted by Crippen LogP contribution is -2.35. The number of nitriles is 1. The molecule has 26 heavy (non-hydrogen) atoms. The van der Waals surface area contributed by atoms with E-state index in [9.17, 15) is 5.11 Å². The van der Waals surface area contributed by atoms with Crippen molar-refractivity contribution in [1.29, 1.82) is 5.26 Å². The van der Waals surface area contributed by atoms with Crippen molar-refractivity contribution in [3.63, 3.8) is 0 Å². The summed E-state index contributed by atoms with van der Waals surface area (Å²) in [6.07, 6.45) is 6.10. The molecule has 0 bridgehead atoms. The van der Waals surface area contributed by atoms with Gasteiger partial charge in [-0.1, -0.05) is 6.07 Å². The van der Waals surface area contributed by atoms with Crippen molar-refractivity contribution in [1.82, 2.24) is 24.6 Å². The Morgan fingerprint density at radius 2 is 2.15 bits per heavy atom. The van der Waals surface area contributed by atoms with Gasteiger partial charge in [-0.05, 0) is 30.2 Å². The summed E-state index contributed by atoms with van der Waals surface area (Å²) in [7, 11) is 3.86. The highest BCUT2D eigenvalue weighted by Crippen LogP contribution is 2.28. The highest BCUT2D eigenvalue weighted by molar-refractivity contribution is 5.86. The molecule has 0 amide bonds. The van der Waals surface area contributed by atoms with Gasteiger partial charge in [0.25, 0.3) is 0 Å². The summed E-state index contributed by atoms with van der Waals surface area (Å²) < 4.78 is 3.80. The van der Waals surface area contributed by atoms with Gasteiger partial charge in [0.1, 0.15) is 6.23 Å². The molecule has 0 aliphatic carbocycles. The van der Waals surface area contributed by atoms with Crippen LogP contribution in [0.4, 0.5) is 0 Å². The van der Waals surface area contributed by atoms with E-state index in [0.717, 1.165) is 40.7 Å². The van der Waals surface area contributed by atoms with E-state index in [1.165, 1.54) is 0 Å². The van der Waals surface area contributed by atoms with E-state index in [2.05, 4.69) is 34.8 Å². The molecule has 3 aromatic rings. The molecule has 3 heterocycles. The molecule has 4 rings (SSSR count). The maximum absolute atomic E-state index is 10.7. The molecule has 0 saturated carbocycles. The highest BCUT2D eigenvalue weighted by atomic mass is 16.3. The second-order valence-corrected chi connectivity index (χ2v) is 6.91. The van der Waals surface area contributed by atoms with E-state index in [1.807, 2.05) is 37.1 Å². The van der Waals surface area contributed by atoms with Crippen LogP contribution in [0.3, 0.4) is 0 Å². The largest absolute Gasteiger partial charge is 0.373 e. The molecule has 0 spiro atoms. The zero-order valence-corrected chi connectivity index (χ0v) is 14.9. The summed E-state index contributed by atoms with van der Waals surface area (Å²) >= 11 is 0. The Bertz CT molecular complexity index is 982. The van der Waals surface area contributed by atoms with Gasteiger partial charge in [-0.2, -0.15) is 10.4 Å². The van der Waals surface area contributed by atoms with Crippen molar-refractivity contribution in [3.05, 3.63) is 42.4 Å². The maximum Gasteiger partial charge on any atom is 0.179 e. The lowest BCUT2D eigenvalue weighted by molar-refractivity contribution is 0.118. The van der Waals surface area contributed by atoms with Crippen molar-refractivity contribution in [2.45, 2.75) is 18.7 Å². The van der Waals surface area contributed by atoms with Gasteiger partial charge in [0.05, 0.1) is 11.9 Å². The first-order valence-corrected chi connectivity index (χ1v) is 8.72. The van der Waals surface area contributed by atoms with E-state index in [4.69, 9.17) is 5.26 Å². The number of hydrogen-bond acceptors (Lipinski definition) is 5. The standard InChI is InChI=1S/C19H22N6O/c1-23-10-15(9-21-23)13-3-4-17-14(7-13)8-18(24(17)2)19(26)22-16-5-6-25(11-16)12-20/h3-4,7-10,16,19,22,26H,5-6,11H2,1-2H3. The Labute approximate surface area is 152 Å². The minimum absolute atomic E-state index is 0.119. The first-order chi connectivity index (χ1) is 12.5. The predicted molar refractivity (Wildman–Crippen MR) is 98.8 cm³/mol. The smallest absolute Gasteiger partial charge is 0.179 e. The molecule has 2 unspecified atom stereocenters. The zero-order chi connectivity index (χ0) is 18.3. The third-order valence-electron chi connectivity index (χ3n) is 5.12. The molecule has 134 valence electrons. The van der Waals surface area contributed by atoms with Gasteiger partial charge in [-0.15, -0.1) is 0 Å². The lowest BCUT2D eigenvalue weighted by Gasteiger charge is -2.18. The van der Waals surface area contributed by atoms with E-state index in [-0.39, 0.29) is 6.04 Å². The maximum atomic E-state index is 10.7. The fraction of sp³-hybridized carbons (Fsp3) is 0.368. The van der Waals surface area contributed by atoms with Crippen molar-refractivity contribution in [2.75, 3.05) is 13.1 Å². The Balaban J connectivity index is 1.59. The van der Waals surface area contributed by atoms with Gasteiger partial charge in [0.2, 0.25) is 0 Å². The van der Waals surface area contributed by atoms with Crippen LogP contribution in [-0.4, -0.2) is 43.5 Å². The normalized spacial score (nSPS) is 18.4. The van der Waals surface area contributed by atoms with Crippen LogP contribution in [-0.2, 0) is 14.1 Å². The van der Waals surface area contributed by atoms with Crippen molar-refractivity contribution < 1.29 is 5.11 Å². The van der Waals surface area contributed by atoms with Gasteiger partial charge in [-0.3, -0.25) is 10.00 Å². The van der Waals surface area contributed by atoms with Crippen LogP contribution in [0.25, 0.3) is 22.0 Å². The number of aromatic nitrogens is 3. The molecule has 2 aromatic heterocycles. The molecule has 1 aliphatic heterocycles. The Morgan fingerprint density at radius 3 is 2.85 bits per heavy atom. The van der Waals surface area contributed by atoms with Gasteiger partial charge in [-0.25, -0.2) is 0 Å². The van der Waals surface area contributed by atoms with Crippen molar-refractivity contribution in [2.24, 2.45) is 14.1 Å². The van der Waals surface area contributed by atoms with Gasteiger partial charge in [0.15, 0.2) is 6.19 Å². The molecule has 0 radical (unpaired) electrons. The fourth-order valence-corrected chi connectivity index (χ4v) is 3.68. The number of aliphatic hydroxyl groups is 1. The molecular weight excluding hydrogens is 328 g/mol. The predicted octanol–water partition coefficient (Wildman–Crippen LogP) is 1.71. The number of benzene rings is 1. The molecule has 1 aliphatic rings. The molecule has 7 heteroatoms. The highest BCUT2D eigenvalue weighted by Gasteiger charge is 2.25. The van der Waals surface area contributed by atoms with Crippen LogP contribution < -0.4 is 5.32 Å². The third kappa shape index (κ3) is 2.94. The third-order valence-corrected chi connectivity index (χ3v) is 5.12. The second kappa shape index (κ2) is 6.48. The average Bonchev–Trinajstić information content (AvgIpc) is 3.34. The molecule has 7 nitrogen and oxygen atoms in total. The van der Waals surface area contributed by atoms with E-state index >= 15 is 0 Å². The lowest BCUT2D eigenvalue weighted by atomic mass is 10.1. The zero-order valence-electron chi connectivity index (χ0n) is 14.9. The van der Waals surface area contributed by atoms with Crippen LogP contribution in [0.2, 0.25) is 0 Å². The van der Waals surface area contributed by atoms with E-state index < -0.39 is 6.23 Å². The fourth-order valence-electron chi connectivity index (χ4n) is 3.68. The quantitative estimate of drug-likeness (QED) is 0.553. The molecule has 1 aromatic carbocycles. The van der Waals surface area contributed by atoms with Crippen LogP contribution >= 0.6 is 0 Å². The second-order valence-electron chi connectivity index (χ2n) is 6.91. The Morgan fingerprint density at radius 1 is 1.31 bits per heavy atom. The van der Waals surface area contributed by atoms with Gasteiger partial charge < -0.3 is 14.6 Å². The van der Waals surface area contributed by atoms with Gasteiger partial charge >= 0.3 is 0 Å². The summed E-state index contributed by atoms with van der Waals surface area (Å²) in [5.41, 5.74) is 4.06. The van der Waals surface area contributed by atoms with Crippen LogP contribution in [0, 0.1) is 11.5 Å². The van der Waals surface area contributed by atoms with Gasteiger partial charge in [0, 0.05) is 55.9 Å². The number of hydrogen-bond donors (Lipinski definition) is 2. The molecule has 1 saturated heterocycles. The van der Waals surface area contributed by atoms with E-state index in [0.29, 0.717) is 6.54 Å². The molecule has 2 N–H and O–H groups in total. The Kier molecular flexibility index (Phi) is 4.15. The summed E-state index contributed by atoms with van der Waals surface area (Å²) in [5, 5.41) is 28.2. The number of nitrogens with one attached hydrogen (secondary N) is 1. The summed E-state index contributed by atoms with van der Waals surface area (Å²) in [5.74, 6) is 0. The summed E-state index contributed by atoms with van der Waals surface area (Å²) in [6.45, 7) is 1.38. The van der Waals surface area contributed by atoms with Crippen LogP contribution in [0.15, 0.2) is 36.7 Å². The topological polar surface area (TPSA) is 82.0 Å². The van der Waals surface area contributed by atoms with Crippen LogP contribution in [0.5, 0.6) is 0 Å². The van der Waals surface area contributed by atoms with Crippen molar-refractivity contribution >= 4 is 10.9 Å². The first kappa shape index (κ1) is 16.6. The monoisotopic (exact) mass is 350 g/mol. The summed E-state index contributed by atoms with van der Waals surface area (Å²) in [4.78, 5) is 1.71. The number of rotatable bonds is 4. The molecular formula is C19H22N6O. The van der Waals surface area contributed by atoms with Crippen molar-refractivity contribution in [3.8, 4) is 17.3 Å². The van der Waals surface area contributed by atoms with E-state index in [1.54, 1.807) is 9.58 Å². The number of aliphatic hydroxyl groups excluding tert-OH is 1. The molecule has 2 atom stereocenters. The number of likely N-dealkylation sites (tertiary alicyclic amines) is 1. The molecule has 1 fully saturated rings. The number of aryl methyl sites for hydroxylation is 2. The average molecular weight is 350 g/mol. The van der Waals surface area contributed by atoms with Crippen LogP contribution in [0.1, 0.15) is 18.3 Å². The SMILES string of the molecule is Cn1cc(-c2ccc3c(c2)cc(C(O)NC2CCN(C#N)C2)n3C)cn1. The minimum atomic E-state index is -0.766. The minimum Gasteiger partial charge on any atom is -0.373 e. The number of nitrogens with zero attached hydrogens (tertiary/aromatic N) is 5. The Hall–Kier alpha value is -2.82. The first-order valence-electron chi connectivity index (χ1n) is 8.72. The number of fused-ring (bicyclic) bond motifs is 1. The summed E-state index contributed by atoms with van der Waals surface area (Å²) in [6, 6.07) is 8.40.